The Labute approximate surface area is 134 Å². The van der Waals surface area contributed by atoms with Crippen LogP contribution in [0.5, 0.6) is 0 Å². The Hall–Kier alpha value is -1.35. The van der Waals surface area contributed by atoms with E-state index in [9.17, 15) is 4.79 Å². The number of carbonyl (C=O) groups excluding carboxylic acids is 1. The monoisotopic (exact) mass is 302 g/mol. The van der Waals surface area contributed by atoms with E-state index in [2.05, 4.69) is 32.6 Å². The molecule has 1 saturated heterocycles. The molecule has 0 saturated carbocycles. The first-order chi connectivity index (χ1) is 10.3. The highest BCUT2D eigenvalue weighted by Crippen LogP contribution is 2.38. The molecule has 2 rings (SSSR count). The van der Waals surface area contributed by atoms with Gasteiger partial charge in [0.15, 0.2) is 0 Å². The van der Waals surface area contributed by atoms with Gasteiger partial charge in [0.2, 0.25) is 5.91 Å². The number of hydrogen-bond acceptors (Lipinski definition) is 2. The Morgan fingerprint density at radius 1 is 1.32 bits per heavy atom. The minimum atomic E-state index is -0.583. The number of hydrogen-bond donors (Lipinski definition) is 1. The number of carbonyl (C=O) groups is 1. The molecule has 0 spiro atoms. The van der Waals surface area contributed by atoms with Crippen molar-refractivity contribution in [2.75, 3.05) is 13.1 Å². The molecule has 1 aliphatic heterocycles. The zero-order valence-electron chi connectivity index (χ0n) is 14.4. The number of rotatable bonds is 6. The van der Waals surface area contributed by atoms with E-state index in [4.69, 9.17) is 5.73 Å². The molecular formula is C19H30N2O. The zero-order chi connectivity index (χ0) is 16.4. The summed E-state index contributed by atoms with van der Waals surface area (Å²) in [6.07, 6.45) is 3.25. The van der Waals surface area contributed by atoms with Crippen LogP contribution in [0.4, 0.5) is 0 Å². The predicted molar refractivity (Wildman–Crippen MR) is 91.7 cm³/mol. The minimum absolute atomic E-state index is 0.179. The van der Waals surface area contributed by atoms with Gasteiger partial charge >= 0.3 is 0 Å². The van der Waals surface area contributed by atoms with Gasteiger partial charge in [0.1, 0.15) is 0 Å². The molecule has 2 N–H and O–H groups in total. The van der Waals surface area contributed by atoms with Crippen molar-refractivity contribution in [2.45, 2.75) is 57.9 Å². The second-order valence-electron chi connectivity index (χ2n) is 7.51. The van der Waals surface area contributed by atoms with Gasteiger partial charge in [0, 0.05) is 12.1 Å². The van der Waals surface area contributed by atoms with Crippen LogP contribution in [-0.2, 0) is 10.2 Å². The maximum atomic E-state index is 12.4. The first-order valence-electron chi connectivity index (χ1n) is 8.41. The molecule has 3 nitrogen and oxygen atoms in total. The quantitative estimate of drug-likeness (QED) is 0.876. The van der Waals surface area contributed by atoms with Gasteiger partial charge in [-0.25, -0.2) is 0 Å². The van der Waals surface area contributed by atoms with Crippen molar-refractivity contribution < 1.29 is 4.79 Å². The molecule has 0 radical (unpaired) electrons. The van der Waals surface area contributed by atoms with Crippen molar-refractivity contribution >= 4 is 5.91 Å². The standard InChI is InChI=1S/C19H30N2O/c1-15(2)19(17(20)22,16-9-6-5-7-10-16)12-14-21-13-8-11-18(21,3)4/h5-7,9-10,15H,8,11-14H2,1-4H3,(H2,20,22)/t19-/m0/s1. The smallest absolute Gasteiger partial charge is 0.228 e. The molecule has 1 aromatic rings. The SMILES string of the molecule is CC(C)[C@](CCN1CCCC1(C)C)(C(N)=O)c1ccccc1. The summed E-state index contributed by atoms with van der Waals surface area (Å²) in [5.74, 6) is -0.0242. The molecule has 1 amide bonds. The van der Waals surface area contributed by atoms with Crippen molar-refractivity contribution in [1.29, 1.82) is 0 Å². The fourth-order valence-corrected chi connectivity index (χ4v) is 3.94. The third kappa shape index (κ3) is 3.05. The van der Waals surface area contributed by atoms with Crippen LogP contribution in [0.15, 0.2) is 30.3 Å². The van der Waals surface area contributed by atoms with E-state index in [1.807, 2.05) is 30.3 Å². The van der Waals surface area contributed by atoms with Crippen LogP contribution in [0.1, 0.15) is 52.5 Å². The predicted octanol–water partition coefficient (Wildman–Crippen LogP) is 3.33. The minimum Gasteiger partial charge on any atom is -0.369 e. The Bertz CT molecular complexity index is 509. The molecular weight excluding hydrogens is 272 g/mol. The number of nitrogens with two attached hydrogens (primary N) is 1. The Morgan fingerprint density at radius 3 is 2.41 bits per heavy atom. The zero-order valence-corrected chi connectivity index (χ0v) is 14.4. The lowest BCUT2D eigenvalue weighted by atomic mass is 9.68. The molecule has 1 aromatic carbocycles. The summed E-state index contributed by atoms with van der Waals surface area (Å²) in [5.41, 5.74) is 6.60. The van der Waals surface area contributed by atoms with E-state index in [-0.39, 0.29) is 17.4 Å². The van der Waals surface area contributed by atoms with Gasteiger partial charge in [-0.15, -0.1) is 0 Å². The van der Waals surface area contributed by atoms with Crippen LogP contribution in [0.25, 0.3) is 0 Å². The maximum Gasteiger partial charge on any atom is 0.228 e. The molecule has 0 aliphatic carbocycles. The van der Waals surface area contributed by atoms with Crippen molar-refractivity contribution in [1.82, 2.24) is 4.90 Å². The highest BCUT2D eigenvalue weighted by atomic mass is 16.1. The summed E-state index contributed by atoms with van der Waals surface area (Å²) < 4.78 is 0. The van der Waals surface area contributed by atoms with Crippen molar-refractivity contribution in [2.24, 2.45) is 11.7 Å². The lowest BCUT2D eigenvalue weighted by Crippen LogP contribution is -2.49. The normalized spacial score (nSPS) is 21.0. The maximum absolute atomic E-state index is 12.4. The first kappa shape index (κ1) is 17.0. The summed E-state index contributed by atoms with van der Waals surface area (Å²) >= 11 is 0. The average Bonchev–Trinajstić information content (AvgIpc) is 2.79. The molecule has 0 unspecified atom stereocenters. The van der Waals surface area contributed by atoms with Crippen LogP contribution >= 0.6 is 0 Å². The van der Waals surface area contributed by atoms with Gasteiger partial charge in [-0.3, -0.25) is 9.69 Å². The van der Waals surface area contributed by atoms with Crippen molar-refractivity contribution in [3.05, 3.63) is 35.9 Å². The topological polar surface area (TPSA) is 46.3 Å². The highest BCUT2D eigenvalue weighted by molar-refractivity contribution is 5.87. The fourth-order valence-electron chi connectivity index (χ4n) is 3.94. The molecule has 0 aromatic heterocycles. The number of primary amides is 1. The van der Waals surface area contributed by atoms with Crippen LogP contribution in [-0.4, -0.2) is 29.4 Å². The van der Waals surface area contributed by atoms with Gasteiger partial charge in [0.05, 0.1) is 5.41 Å². The van der Waals surface area contributed by atoms with E-state index < -0.39 is 5.41 Å². The number of benzene rings is 1. The van der Waals surface area contributed by atoms with Crippen LogP contribution in [0.3, 0.4) is 0 Å². The highest BCUT2D eigenvalue weighted by Gasteiger charge is 2.43. The Balaban J connectivity index is 2.28. The molecule has 1 heterocycles. The van der Waals surface area contributed by atoms with E-state index in [0.29, 0.717) is 0 Å². The van der Waals surface area contributed by atoms with Crippen molar-refractivity contribution in [3.63, 3.8) is 0 Å². The second-order valence-corrected chi connectivity index (χ2v) is 7.51. The first-order valence-corrected chi connectivity index (χ1v) is 8.41. The third-order valence-electron chi connectivity index (χ3n) is 5.56. The van der Waals surface area contributed by atoms with Gasteiger partial charge in [-0.2, -0.15) is 0 Å². The molecule has 1 atom stereocenters. The Kier molecular flexibility index (Phi) is 4.96. The van der Waals surface area contributed by atoms with Crippen LogP contribution < -0.4 is 5.73 Å². The van der Waals surface area contributed by atoms with Gasteiger partial charge in [0.25, 0.3) is 0 Å². The number of amides is 1. The largest absolute Gasteiger partial charge is 0.369 e. The van der Waals surface area contributed by atoms with Gasteiger partial charge in [-0.1, -0.05) is 44.2 Å². The summed E-state index contributed by atoms with van der Waals surface area (Å²) in [7, 11) is 0. The summed E-state index contributed by atoms with van der Waals surface area (Å²) in [6, 6.07) is 10.1. The summed E-state index contributed by atoms with van der Waals surface area (Å²) in [6.45, 7) is 10.8. The lowest BCUT2D eigenvalue weighted by Gasteiger charge is -2.39. The molecule has 122 valence electrons. The molecule has 1 fully saturated rings. The summed E-state index contributed by atoms with van der Waals surface area (Å²) in [4.78, 5) is 14.9. The summed E-state index contributed by atoms with van der Waals surface area (Å²) in [5, 5.41) is 0. The fraction of sp³-hybridized carbons (Fsp3) is 0.632. The van der Waals surface area contributed by atoms with E-state index >= 15 is 0 Å². The number of likely N-dealkylation sites (tertiary alicyclic amines) is 1. The van der Waals surface area contributed by atoms with E-state index in [0.717, 1.165) is 25.1 Å². The van der Waals surface area contributed by atoms with Gasteiger partial charge in [-0.05, 0) is 51.1 Å². The van der Waals surface area contributed by atoms with Crippen molar-refractivity contribution in [3.8, 4) is 0 Å². The van der Waals surface area contributed by atoms with E-state index in [1.165, 1.54) is 12.8 Å². The van der Waals surface area contributed by atoms with Gasteiger partial charge < -0.3 is 5.73 Å². The van der Waals surface area contributed by atoms with E-state index in [1.54, 1.807) is 0 Å². The van der Waals surface area contributed by atoms with Crippen LogP contribution in [0.2, 0.25) is 0 Å². The number of nitrogens with zero attached hydrogens (tertiary/aromatic N) is 1. The van der Waals surface area contributed by atoms with Crippen LogP contribution in [0, 0.1) is 5.92 Å². The second kappa shape index (κ2) is 6.41. The molecule has 0 bridgehead atoms. The average molecular weight is 302 g/mol. The Morgan fingerprint density at radius 2 is 1.95 bits per heavy atom. The lowest BCUT2D eigenvalue weighted by molar-refractivity contribution is -0.125. The third-order valence-corrected chi connectivity index (χ3v) is 5.56. The molecule has 3 heteroatoms. The molecule has 1 aliphatic rings. The molecule has 22 heavy (non-hydrogen) atoms.